The third kappa shape index (κ3) is 9.74. The van der Waals surface area contributed by atoms with Gasteiger partial charge in [-0.25, -0.2) is 57.5 Å². The zero-order valence-corrected chi connectivity index (χ0v) is 38.1. The van der Waals surface area contributed by atoms with Crippen molar-refractivity contribution in [2.24, 2.45) is 33.3 Å². The number of thioether (sulfide) groups is 2. The van der Waals surface area contributed by atoms with Gasteiger partial charge in [-0.15, -0.1) is 0 Å². The van der Waals surface area contributed by atoms with Crippen LogP contribution < -0.4 is 31.9 Å². The van der Waals surface area contributed by atoms with Gasteiger partial charge in [-0.3, -0.25) is 19.6 Å². The average Bonchev–Trinajstić information content (AvgIpc) is 3.95. The summed E-state index contributed by atoms with van der Waals surface area (Å²) in [7, 11) is 0. The molecule has 0 unspecified atom stereocenters. The van der Waals surface area contributed by atoms with Crippen LogP contribution >= 0.6 is 23.5 Å². The molecule has 4 atom stereocenters. The second-order valence-corrected chi connectivity index (χ2v) is 18.4. The summed E-state index contributed by atoms with van der Waals surface area (Å²) in [6.07, 6.45) is 9.42. The number of nitrogens with one attached hydrogen (secondary N) is 2. The van der Waals surface area contributed by atoms with Crippen molar-refractivity contribution in [1.29, 1.82) is 0 Å². The van der Waals surface area contributed by atoms with Crippen molar-refractivity contribution in [3.8, 4) is 0 Å². The Hall–Kier alpha value is -7.42. The highest BCUT2D eigenvalue weighted by Gasteiger charge is 2.53. The topological polar surface area (TPSA) is 285 Å². The minimum absolute atomic E-state index is 0.0425. The number of amidine groups is 2. The molecule has 0 spiro atoms. The molecule has 8 N–H and O–H groups in total. The van der Waals surface area contributed by atoms with Crippen LogP contribution in [0.1, 0.15) is 43.5 Å². The molecule has 360 valence electrons. The van der Waals surface area contributed by atoms with E-state index in [1.807, 2.05) is 9.80 Å². The van der Waals surface area contributed by atoms with Gasteiger partial charge in [-0.05, 0) is 36.4 Å². The molecule has 2 aromatic carbocycles. The zero-order valence-electron chi connectivity index (χ0n) is 36.5. The van der Waals surface area contributed by atoms with Crippen LogP contribution in [-0.2, 0) is 24.3 Å². The van der Waals surface area contributed by atoms with Crippen LogP contribution in [0.15, 0.2) is 96.0 Å². The molecule has 6 aromatic rings. The third-order valence-electron chi connectivity index (χ3n) is 11.9. The smallest absolute Gasteiger partial charge is 0.275 e. The van der Waals surface area contributed by atoms with Gasteiger partial charge >= 0.3 is 0 Å². The Morgan fingerprint density at radius 2 is 1.00 bits per heavy atom. The first-order valence-corrected chi connectivity index (χ1v) is 23.2. The number of aliphatic hydroxyl groups is 2. The fraction of sp³-hybridized carbons (Fsp3) is 0.273. The van der Waals surface area contributed by atoms with Gasteiger partial charge in [0.25, 0.3) is 11.8 Å². The second kappa shape index (κ2) is 19.9. The van der Waals surface area contributed by atoms with E-state index in [1.165, 1.54) is 84.7 Å². The number of fused-ring (bicyclic) bond motifs is 2. The number of carbonyl (C=O) groups excluding carboxylic acids is 2. The minimum atomic E-state index is -1.04. The Labute approximate surface area is 403 Å². The SMILES string of the molecule is NC1=N[C@@]2(c3cc(NC(=O)c4cnc(CO)cn4)ccc3F)CN(c3ncc(F)cn3)C[C@H]2CS1.NC1=N[C@@]2(c3cc(NC(=O)c4cnc(CO)cn4)ccc3F)CN(c3ncc(F)cn3)C[C@H]2CS1. The van der Waals surface area contributed by atoms with Crippen LogP contribution in [0.4, 0.5) is 40.8 Å². The number of aliphatic imine (C=N–C) groups is 2. The van der Waals surface area contributed by atoms with Gasteiger partial charge in [0.05, 0.1) is 87.3 Å². The second-order valence-electron chi connectivity index (χ2n) is 16.3. The predicted molar refractivity (Wildman–Crippen MR) is 252 cm³/mol. The summed E-state index contributed by atoms with van der Waals surface area (Å²) in [6, 6.07) is 8.50. The maximum atomic E-state index is 15.3. The molecule has 4 aromatic heterocycles. The first-order valence-electron chi connectivity index (χ1n) is 21.2. The maximum Gasteiger partial charge on any atom is 0.275 e. The number of benzene rings is 2. The van der Waals surface area contributed by atoms with Gasteiger partial charge < -0.3 is 42.1 Å². The molecule has 2 amide bonds. The van der Waals surface area contributed by atoms with Crippen molar-refractivity contribution in [3.63, 3.8) is 0 Å². The number of aliphatic hydroxyl groups excluding tert-OH is 2. The lowest BCUT2D eigenvalue weighted by Gasteiger charge is -2.35. The Morgan fingerprint density at radius 1 is 0.600 bits per heavy atom. The molecule has 0 saturated carbocycles. The van der Waals surface area contributed by atoms with Gasteiger partial charge in [-0.2, -0.15) is 0 Å². The number of rotatable bonds is 10. The summed E-state index contributed by atoms with van der Waals surface area (Å²) >= 11 is 2.77. The lowest BCUT2D eigenvalue weighted by Crippen LogP contribution is -2.40. The summed E-state index contributed by atoms with van der Waals surface area (Å²) in [5, 5.41) is 24.3. The lowest BCUT2D eigenvalue weighted by molar-refractivity contribution is 0.101. The molecule has 2 saturated heterocycles. The summed E-state index contributed by atoms with van der Waals surface area (Å²) in [4.78, 5) is 70.5. The van der Waals surface area contributed by atoms with Crippen molar-refractivity contribution >= 4 is 68.9 Å². The maximum absolute atomic E-state index is 15.3. The Morgan fingerprint density at radius 3 is 1.36 bits per heavy atom. The van der Waals surface area contributed by atoms with E-state index >= 15 is 8.78 Å². The van der Waals surface area contributed by atoms with E-state index < -0.39 is 46.2 Å². The van der Waals surface area contributed by atoms with Crippen LogP contribution in [0.5, 0.6) is 0 Å². The number of nitrogens with zero attached hydrogens (tertiary/aromatic N) is 12. The highest BCUT2D eigenvalue weighted by molar-refractivity contribution is 8.14. The van der Waals surface area contributed by atoms with E-state index in [1.54, 1.807) is 0 Å². The molecule has 4 aliphatic rings. The van der Waals surface area contributed by atoms with E-state index in [9.17, 15) is 18.4 Å². The highest BCUT2D eigenvalue weighted by Crippen LogP contribution is 2.49. The van der Waals surface area contributed by atoms with Gasteiger partial charge in [0.1, 0.15) is 34.1 Å². The van der Waals surface area contributed by atoms with E-state index in [0.717, 1.165) is 24.8 Å². The molecule has 2 fully saturated rings. The van der Waals surface area contributed by atoms with E-state index in [4.69, 9.17) is 21.7 Å². The fourth-order valence-corrected chi connectivity index (χ4v) is 10.6. The largest absolute Gasteiger partial charge is 0.390 e. The van der Waals surface area contributed by atoms with Gasteiger partial charge in [0.2, 0.25) is 11.9 Å². The highest BCUT2D eigenvalue weighted by atomic mass is 32.2. The molecule has 26 heteroatoms. The summed E-state index contributed by atoms with van der Waals surface area (Å²) in [5.41, 5.74) is 12.0. The first-order chi connectivity index (χ1) is 33.7. The normalized spacial score (nSPS) is 21.4. The van der Waals surface area contributed by atoms with E-state index in [-0.39, 0.29) is 60.7 Å². The lowest BCUT2D eigenvalue weighted by atomic mass is 9.81. The van der Waals surface area contributed by atoms with Crippen LogP contribution in [0.25, 0.3) is 0 Å². The van der Waals surface area contributed by atoms with E-state index in [0.29, 0.717) is 69.6 Å². The molecule has 4 aliphatic heterocycles. The summed E-state index contributed by atoms with van der Waals surface area (Å²) < 4.78 is 57.2. The fourth-order valence-electron chi connectivity index (χ4n) is 8.61. The van der Waals surface area contributed by atoms with Crippen molar-refractivity contribution in [3.05, 3.63) is 143 Å². The first kappa shape index (κ1) is 47.6. The van der Waals surface area contributed by atoms with E-state index in [2.05, 4.69) is 60.5 Å². The number of aromatic nitrogens is 8. The molecule has 0 radical (unpaired) electrons. The predicted octanol–water partition coefficient (Wildman–Crippen LogP) is 3.37. The molecule has 8 heterocycles. The van der Waals surface area contributed by atoms with Crippen LogP contribution in [0.3, 0.4) is 0 Å². The number of halogens is 4. The quantitative estimate of drug-likeness (QED) is 0.107. The average molecular weight is 997 g/mol. The van der Waals surface area contributed by atoms with Crippen molar-refractivity contribution in [1.82, 2.24) is 39.9 Å². The number of hydrogen-bond acceptors (Lipinski definition) is 20. The number of anilines is 4. The molecule has 20 nitrogen and oxygen atoms in total. The van der Waals surface area contributed by atoms with Crippen LogP contribution in [-0.4, -0.2) is 110 Å². The molecule has 70 heavy (non-hydrogen) atoms. The van der Waals surface area contributed by atoms with Gasteiger partial charge in [0.15, 0.2) is 22.0 Å². The molecular weight excluding hydrogens is 957 g/mol. The van der Waals surface area contributed by atoms with Crippen LogP contribution in [0, 0.1) is 35.1 Å². The van der Waals surface area contributed by atoms with Crippen molar-refractivity contribution < 1.29 is 37.4 Å². The number of hydrogen-bond donors (Lipinski definition) is 6. The minimum Gasteiger partial charge on any atom is -0.390 e. The molecule has 10 rings (SSSR count). The Balaban J connectivity index is 0.000000174. The van der Waals surface area contributed by atoms with Gasteiger partial charge in [-0.1, -0.05) is 23.5 Å². The number of carbonyl (C=O) groups is 2. The Bertz CT molecular complexity index is 2780. The number of amides is 2. The third-order valence-corrected chi connectivity index (χ3v) is 13.9. The summed E-state index contributed by atoms with van der Waals surface area (Å²) in [5.74, 6) is -1.63. The van der Waals surface area contributed by atoms with Crippen molar-refractivity contribution in [2.75, 3.05) is 58.1 Å². The zero-order chi connectivity index (χ0) is 49.2. The van der Waals surface area contributed by atoms with Crippen molar-refractivity contribution in [2.45, 2.75) is 24.3 Å². The standard InChI is InChI=1S/2C22H20F2N8O2S/c2*23-13-4-28-21(29-5-13)32-8-12-10-35-20(25)31-22(12,11-32)16-3-14(1-2-17(16)24)30-19(34)18-7-26-15(9-33)6-27-18/h2*1-7,12,33H,8-11H2,(H2,25,31)(H,30,34)/t2*12-,22-/m00/s1. The Kier molecular flexibility index (Phi) is 13.5. The monoisotopic (exact) mass is 996 g/mol. The molecule has 0 bridgehead atoms. The van der Waals surface area contributed by atoms with Gasteiger partial charge in [0, 0.05) is 58.9 Å². The van der Waals surface area contributed by atoms with Crippen LogP contribution in [0.2, 0.25) is 0 Å². The molecule has 0 aliphatic carbocycles. The molecular formula is C44H40F4N16O4S2. The summed E-state index contributed by atoms with van der Waals surface area (Å²) in [6.45, 7) is 0.819. The number of nitrogens with two attached hydrogens (primary N) is 2.